The van der Waals surface area contributed by atoms with E-state index in [0.717, 1.165) is 12.1 Å². The molecule has 0 aliphatic carbocycles. The Kier molecular flexibility index (Phi) is 7.03. The Hall–Kier alpha value is -3.03. The second kappa shape index (κ2) is 9.25. The highest BCUT2D eigenvalue weighted by Gasteiger charge is 2.30. The number of halogens is 3. The molecule has 0 saturated heterocycles. The van der Waals surface area contributed by atoms with Crippen LogP contribution in [0.2, 0.25) is 0 Å². The van der Waals surface area contributed by atoms with Gasteiger partial charge in [0.1, 0.15) is 5.75 Å². The minimum Gasteiger partial charge on any atom is -0.493 e. The lowest BCUT2D eigenvalue weighted by atomic mass is 10.1. The van der Waals surface area contributed by atoms with Crippen LogP contribution in [-0.4, -0.2) is 25.0 Å². The summed E-state index contributed by atoms with van der Waals surface area (Å²) in [6, 6.07) is 10.7. The van der Waals surface area contributed by atoms with Gasteiger partial charge in [-0.1, -0.05) is 24.3 Å². The molecule has 28 heavy (non-hydrogen) atoms. The fourth-order valence-corrected chi connectivity index (χ4v) is 2.53. The number of para-hydroxylation sites is 1. The molecule has 2 aromatic rings. The normalized spacial score (nSPS) is 12.2. The van der Waals surface area contributed by atoms with Crippen molar-refractivity contribution in [1.82, 2.24) is 10.6 Å². The third-order valence-corrected chi connectivity index (χ3v) is 3.96. The minimum atomic E-state index is -4.41. The van der Waals surface area contributed by atoms with Crippen LogP contribution in [0.15, 0.2) is 48.5 Å². The number of alkyl halides is 3. The molecule has 0 aliphatic rings. The van der Waals surface area contributed by atoms with Gasteiger partial charge in [0.2, 0.25) is 5.91 Å². The zero-order valence-electron chi connectivity index (χ0n) is 15.5. The van der Waals surface area contributed by atoms with Crippen molar-refractivity contribution in [2.45, 2.75) is 26.1 Å². The first-order valence-electron chi connectivity index (χ1n) is 8.69. The van der Waals surface area contributed by atoms with Gasteiger partial charge in [-0.25, -0.2) is 0 Å². The van der Waals surface area contributed by atoms with Crippen LogP contribution in [0.1, 0.15) is 41.4 Å². The second-order valence-electron chi connectivity index (χ2n) is 6.02. The van der Waals surface area contributed by atoms with E-state index in [1.807, 2.05) is 0 Å². The number of carbonyl (C=O) groups excluding carboxylic acids is 2. The quantitative estimate of drug-likeness (QED) is 0.752. The number of rotatable bonds is 7. The second-order valence-corrected chi connectivity index (χ2v) is 6.02. The lowest BCUT2D eigenvalue weighted by Gasteiger charge is -2.16. The summed E-state index contributed by atoms with van der Waals surface area (Å²) in [5, 5.41) is 5.14. The van der Waals surface area contributed by atoms with Gasteiger partial charge in [-0.2, -0.15) is 13.2 Å². The van der Waals surface area contributed by atoms with Crippen molar-refractivity contribution in [1.29, 1.82) is 0 Å². The van der Waals surface area contributed by atoms with Crippen molar-refractivity contribution in [2.75, 3.05) is 13.2 Å². The topological polar surface area (TPSA) is 67.4 Å². The first kappa shape index (κ1) is 21.3. The molecule has 2 aromatic carbocycles. The largest absolute Gasteiger partial charge is 0.493 e. The van der Waals surface area contributed by atoms with E-state index in [0.29, 0.717) is 23.5 Å². The Morgan fingerprint density at radius 3 is 2.32 bits per heavy atom. The number of benzene rings is 2. The van der Waals surface area contributed by atoms with Crippen LogP contribution in [0, 0.1) is 0 Å². The van der Waals surface area contributed by atoms with Crippen molar-refractivity contribution in [3.05, 3.63) is 65.2 Å². The van der Waals surface area contributed by atoms with Gasteiger partial charge >= 0.3 is 6.18 Å². The maximum absolute atomic E-state index is 12.6. The Bertz CT molecular complexity index is 820. The average molecular weight is 394 g/mol. The highest BCUT2D eigenvalue weighted by Crippen LogP contribution is 2.29. The van der Waals surface area contributed by atoms with Crippen LogP contribution in [0.5, 0.6) is 5.75 Å². The fraction of sp³-hybridized carbons (Fsp3) is 0.300. The summed E-state index contributed by atoms with van der Waals surface area (Å²) in [6.45, 7) is 3.57. The van der Waals surface area contributed by atoms with Gasteiger partial charge in [0.25, 0.3) is 5.91 Å². The predicted octanol–water partition coefficient (Wildman–Crippen LogP) is 3.71. The van der Waals surface area contributed by atoms with E-state index in [2.05, 4.69) is 10.6 Å². The molecular formula is C20H21F3N2O3. The number of amides is 2. The average Bonchev–Trinajstić information content (AvgIpc) is 2.66. The maximum atomic E-state index is 12.6. The molecule has 0 spiro atoms. The molecule has 0 saturated carbocycles. The molecule has 0 fully saturated rings. The van der Waals surface area contributed by atoms with Gasteiger partial charge in [0.05, 0.1) is 30.3 Å². The molecule has 1 atom stereocenters. The van der Waals surface area contributed by atoms with E-state index in [4.69, 9.17) is 4.74 Å². The summed E-state index contributed by atoms with van der Waals surface area (Å²) in [6.07, 6.45) is -4.41. The summed E-state index contributed by atoms with van der Waals surface area (Å²) in [7, 11) is 0. The monoisotopic (exact) mass is 394 g/mol. The number of ether oxygens (including phenoxy) is 1. The van der Waals surface area contributed by atoms with E-state index in [9.17, 15) is 22.8 Å². The van der Waals surface area contributed by atoms with E-state index in [-0.39, 0.29) is 6.54 Å². The number of carbonyl (C=O) groups is 2. The van der Waals surface area contributed by atoms with Gasteiger partial charge in [-0.3, -0.25) is 9.59 Å². The lowest BCUT2D eigenvalue weighted by molar-refractivity contribution is -0.137. The molecule has 0 bridgehead atoms. The molecule has 2 amide bonds. The fourth-order valence-electron chi connectivity index (χ4n) is 2.53. The Morgan fingerprint density at radius 2 is 1.71 bits per heavy atom. The van der Waals surface area contributed by atoms with Crippen molar-refractivity contribution >= 4 is 11.8 Å². The van der Waals surface area contributed by atoms with Gasteiger partial charge in [0.15, 0.2) is 0 Å². The van der Waals surface area contributed by atoms with Crippen molar-refractivity contribution in [3.63, 3.8) is 0 Å². The molecule has 150 valence electrons. The highest BCUT2D eigenvalue weighted by atomic mass is 19.4. The summed E-state index contributed by atoms with van der Waals surface area (Å²) in [5.74, 6) is -0.503. The zero-order valence-corrected chi connectivity index (χ0v) is 15.5. The van der Waals surface area contributed by atoms with E-state index >= 15 is 0 Å². The molecule has 5 nitrogen and oxygen atoms in total. The van der Waals surface area contributed by atoms with E-state index in [1.54, 1.807) is 38.1 Å². The van der Waals surface area contributed by atoms with Crippen LogP contribution < -0.4 is 15.4 Å². The van der Waals surface area contributed by atoms with Crippen molar-refractivity contribution in [3.8, 4) is 5.75 Å². The Morgan fingerprint density at radius 1 is 1.07 bits per heavy atom. The summed E-state index contributed by atoms with van der Waals surface area (Å²) < 4.78 is 43.2. The van der Waals surface area contributed by atoms with Gasteiger partial charge in [-0.05, 0) is 43.7 Å². The molecular weight excluding hydrogens is 373 g/mol. The molecule has 0 heterocycles. The highest BCUT2D eigenvalue weighted by molar-refractivity contribution is 5.98. The van der Waals surface area contributed by atoms with Crippen LogP contribution >= 0.6 is 0 Å². The summed E-state index contributed by atoms with van der Waals surface area (Å²) >= 11 is 0. The number of hydrogen-bond acceptors (Lipinski definition) is 3. The smallest absolute Gasteiger partial charge is 0.416 e. The summed E-state index contributed by atoms with van der Waals surface area (Å²) in [5.41, 5.74) is 0.0808. The summed E-state index contributed by atoms with van der Waals surface area (Å²) in [4.78, 5) is 24.3. The molecule has 0 aromatic heterocycles. The van der Waals surface area contributed by atoms with E-state index in [1.165, 1.54) is 12.1 Å². The van der Waals surface area contributed by atoms with Gasteiger partial charge in [-0.15, -0.1) is 0 Å². The zero-order chi connectivity index (χ0) is 20.7. The third-order valence-electron chi connectivity index (χ3n) is 3.96. The van der Waals surface area contributed by atoms with Crippen LogP contribution in [0.3, 0.4) is 0 Å². The predicted molar refractivity (Wildman–Crippen MR) is 97.9 cm³/mol. The standard InChI is InChI=1S/C20H21F3N2O3/c1-3-28-17-7-5-4-6-16(17)19(27)24-12-18(26)25-13(2)14-8-10-15(11-9-14)20(21,22)23/h4-11,13H,3,12H2,1-2H3,(H,24,27)(H,25,26)/t13-/m1/s1. The third kappa shape index (κ3) is 5.73. The molecule has 0 aliphatic heterocycles. The first-order valence-corrected chi connectivity index (χ1v) is 8.69. The van der Waals surface area contributed by atoms with E-state index < -0.39 is 29.6 Å². The van der Waals surface area contributed by atoms with Crippen LogP contribution in [-0.2, 0) is 11.0 Å². The van der Waals surface area contributed by atoms with Crippen LogP contribution in [0.4, 0.5) is 13.2 Å². The first-order chi connectivity index (χ1) is 13.2. The van der Waals surface area contributed by atoms with Gasteiger partial charge in [0, 0.05) is 0 Å². The molecule has 0 radical (unpaired) electrons. The Labute approximate surface area is 160 Å². The molecule has 0 unspecified atom stereocenters. The SMILES string of the molecule is CCOc1ccccc1C(=O)NCC(=O)N[C@H](C)c1ccc(C(F)(F)F)cc1. The van der Waals surface area contributed by atoms with Gasteiger partial charge < -0.3 is 15.4 Å². The van der Waals surface area contributed by atoms with Crippen molar-refractivity contribution in [2.24, 2.45) is 0 Å². The number of hydrogen-bond donors (Lipinski definition) is 2. The maximum Gasteiger partial charge on any atom is 0.416 e. The molecule has 2 rings (SSSR count). The number of nitrogens with one attached hydrogen (secondary N) is 2. The minimum absolute atomic E-state index is 0.274. The van der Waals surface area contributed by atoms with Crippen LogP contribution in [0.25, 0.3) is 0 Å². The molecule has 8 heteroatoms. The molecule has 2 N–H and O–H groups in total. The van der Waals surface area contributed by atoms with Crippen molar-refractivity contribution < 1.29 is 27.5 Å². The Balaban J connectivity index is 1.91. The lowest BCUT2D eigenvalue weighted by Crippen LogP contribution is -2.38.